The van der Waals surface area contributed by atoms with E-state index in [1.165, 1.54) is 116 Å². The third-order valence-electron chi connectivity index (χ3n) is 22.3. The molecule has 0 aromatic rings. The summed E-state index contributed by atoms with van der Waals surface area (Å²) in [5, 5.41) is 38.0. The van der Waals surface area contributed by atoms with Crippen LogP contribution in [0.25, 0.3) is 0 Å². The van der Waals surface area contributed by atoms with Crippen LogP contribution in [0.4, 0.5) is 0 Å². The minimum atomic E-state index is -2.18. The molecule has 4 saturated heterocycles. The molecule has 4 N–H and O–H groups in total. The van der Waals surface area contributed by atoms with Crippen molar-refractivity contribution in [3.63, 3.8) is 0 Å². The van der Waals surface area contributed by atoms with E-state index in [-0.39, 0.29) is 12.8 Å². The van der Waals surface area contributed by atoms with Gasteiger partial charge in [0.15, 0.2) is 98.4 Å². The van der Waals surface area contributed by atoms with Crippen molar-refractivity contribution >= 4 is 83.5 Å². The number of rotatable bonds is 64. The number of unbranched alkanes of at least 4 members (excludes halogenated alkanes) is 30. The smallest absolute Gasteiger partial charge is 0.303 e. The van der Waals surface area contributed by atoms with E-state index in [1.807, 2.05) is 0 Å². The predicted molar refractivity (Wildman–Crippen MR) is 460 cm³/mol. The highest BCUT2D eigenvalue weighted by Crippen LogP contribution is 2.39. The number of aliphatic hydroxyl groups excluding tert-OH is 3. The molecular weight excluding hydrogens is 1730 g/mol. The fourth-order valence-corrected chi connectivity index (χ4v) is 16.3. The lowest BCUT2D eigenvalue weighted by atomic mass is 9.96. The molecule has 752 valence electrons. The van der Waals surface area contributed by atoms with Crippen LogP contribution in [0, 0.1) is 0 Å². The van der Waals surface area contributed by atoms with Gasteiger partial charge in [-0.05, 0) is 12.8 Å². The molecular formula is C92H151NO38. The zero-order chi connectivity index (χ0) is 97.1. The molecule has 131 heavy (non-hydrogen) atoms. The maximum absolute atomic E-state index is 14.2. The fraction of sp³-hybridized carbons (Fsp3) is 0.848. The summed E-state index contributed by atoms with van der Waals surface area (Å²) >= 11 is 0. The van der Waals surface area contributed by atoms with Crippen LogP contribution in [-0.2, 0) is 167 Å². The van der Waals surface area contributed by atoms with Gasteiger partial charge in [0.1, 0.15) is 49.8 Å². The quantitative estimate of drug-likeness (QED) is 0.0250. The van der Waals surface area contributed by atoms with Crippen molar-refractivity contribution in [2.45, 2.75) is 469 Å². The number of ether oxygens (including phenoxy) is 21. The number of hydrogen-bond acceptors (Lipinski definition) is 38. The average Bonchev–Trinajstić information content (AvgIpc) is 0.760. The highest BCUT2D eigenvalue weighted by atomic mass is 16.8. The first-order valence-corrected chi connectivity index (χ1v) is 47.0. The van der Waals surface area contributed by atoms with Crippen LogP contribution in [0.1, 0.15) is 322 Å². The molecule has 24 atom stereocenters. The van der Waals surface area contributed by atoms with E-state index in [4.69, 9.17) is 99.5 Å². The second-order valence-electron chi connectivity index (χ2n) is 34.1. The first-order chi connectivity index (χ1) is 62.3. The van der Waals surface area contributed by atoms with Gasteiger partial charge in [-0.3, -0.25) is 67.1 Å². The monoisotopic (exact) mass is 1880 g/mol. The molecule has 0 saturated carbocycles. The van der Waals surface area contributed by atoms with Gasteiger partial charge in [-0.25, -0.2) is 0 Å². The Hall–Kier alpha value is -7.86. The predicted octanol–water partition coefficient (Wildman–Crippen LogP) is 9.57. The van der Waals surface area contributed by atoms with Crippen LogP contribution in [0.2, 0.25) is 0 Å². The molecule has 0 aliphatic carbocycles. The summed E-state index contributed by atoms with van der Waals surface area (Å²) in [4.78, 5) is 185. The largest absolute Gasteiger partial charge is 0.463 e. The molecule has 0 aromatic heterocycles. The van der Waals surface area contributed by atoms with Crippen LogP contribution < -0.4 is 5.32 Å². The summed E-state index contributed by atoms with van der Waals surface area (Å²) in [5.74, 6) is -14.6. The molecule has 1 amide bonds. The topological polar surface area (TPSA) is 506 Å². The van der Waals surface area contributed by atoms with Gasteiger partial charge >= 0.3 is 77.6 Å². The summed E-state index contributed by atoms with van der Waals surface area (Å²) in [7, 11) is 0. The van der Waals surface area contributed by atoms with Crippen molar-refractivity contribution in [3.8, 4) is 0 Å². The molecule has 4 aliphatic rings. The van der Waals surface area contributed by atoms with Crippen molar-refractivity contribution in [2.24, 2.45) is 0 Å². The first kappa shape index (κ1) is 115. The highest BCUT2D eigenvalue weighted by Gasteiger charge is 2.60. The zero-order valence-corrected chi connectivity index (χ0v) is 79.6. The molecule has 4 rings (SSSR count). The summed E-state index contributed by atoms with van der Waals surface area (Å²) in [6.45, 7) is 12.3. The first-order valence-electron chi connectivity index (χ1n) is 47.0. The van der Waals surface area contributed by atoms with Crippen molar-refractivity contribution in [1.82, 2.24) is 5.32 Å². The molecule has 0 radical (unpaired) electrons. The van der Waals surface area contributed by atoms with Crippen LogP contribution in [0.3, 0.4) is 0 Å². The van der Waals surface area contributed by atoms with Gasteiger partial charge in [0.25, 0.3) is 0 Å². The number of carbonyl (C=O) groups excluding carboxylic acids is 14. The molecule has 0 bridgehead atoms. The van der Waals surface area contributed by atoms with E-state index in [0.29, 0.717) is 19.3 Å². The Kier molecular flexibility index (Phi) is 56.5. The van der Waals surface area contributed by atoms with Crippen molar-refractivity contribution in [3.05, 3.63) is 0 Å². The lowest BCUT2D eigenvalue weighted by molar-refractivity contribution is -0.374. The Balaban J connectivity index is 1.79. The van der Waals surface area contributed by atoms with E-state index in [0.717, 1.165) is 161 Å². The van der Waals surface area contributed by atoms with Crippen molar-refractivity contribution in [1.29, 1.82) is 0 Å². The Morgan fingerprint density at radius 1 is 0.260 bits per heavy atom. The number of carbonyl (C=O) groups is 14. The minimum absolute atomic E-state index is 0.0347. The molecule has 4 fully saturated rings. The Labute approximate surface area is 770 Å². The second kappa shape index (κ2) is 64.2. The second-order valence-corrected chi connectivity index (χ2v) is 34.1. The molecule has 4 heterocycles. The third kappa shape index (κ3) is 45.4. The van der Waals surface area contributed by atoms with Gasteiger partial charge in [-0.15, -0.1) is 0 Å². The Morgan fingerprint density at radius 2 is 0.489 bits per heavy atom. The lowest BCUT2D eigenvalue weighted by Gasteiger charge is -2.49. The fourth-order valence-electron chi connectivity index (χ4n) is 16.3. The number of amides is 1. The number of esters is 13. The number of hydrogen-bond donors (Lipinski definition) is 4. The van der Waals surface area contributed by atoms with E-state index < -0.39 is 264 Å². The minimum Gasteiger partial charge on any atom is -0.463 e. The summed E-state index contributed by atoms with van der Waals surface area (Å²) in [6.07, 6.45) is -8.50. The molecule has 39 heteroatoms. The number of aliphatic hydroxyl groups is 3. The third-order valence-corrected chi connectivity index (χ3v) is 22.3. The molecule has 0 spiro atoms. The molecule has 24 unspecified atom stereocenters. The summed E-state index contributed by atoms with van der Waals surface area (Å²) in [6, 6.07) is -1.58. The van der Waals surface area contributed by atoms with Crippen molar-refractivity contribution < 1.29 is 182 Å². The van der Waals surface area contributed by atoms with Gasteiger partial charge in [-0.2, -0.15) is 0 Å². The Morgan fingerprint density at radius 3 is 0.779 bits per heavy atom. The SMILES string of the molecule is CCCCCCCCCCCCCCCCCCCCCCC(O)C(=O)NC(COC1OC(COC2OC(COC3OC(COC(C)=O)C(OC(C)=O)C(OC(C)=O)C3OC3OC(COC(C)=O)C(OC(C)=O)C(OC(C)=O)C3OC(C)=O)C(OC(C)=O)C(OC(C)=O)C2OC(C)=O)C(OC(C)=O)C(OC(C)=O)C1OC(C)=O)C(O)C(O)CCCCCCCCCCCCCC. The van der Waals surface area contributed by atoms with Gasteiger partial charge < -0.3 is 120 Å². The van der Waals surface area contributed by atoms with E-state index in [1.54, 1.807) is 0 Å². The highest BCUT2D eigenvalue weighted by molar-refractivity contribution is 5.81. The van der Waals surface area contributed by atoms with E-state index in [2.05, 4.69) is 19.2 Å². The molecule has 0 aromatic carbocycles. The van der Waals surface area contributed by atoms with Crippen LogP contribution in [0.15, 0.2) is 0 Å². The van der Waals surface area contributed by atoms with Gasteiger partial charge in [0.05, 0.1) is 32.0 Å². The molecule has 39 nitrogen and oxygen atoms in total. The van der Waals surface area contributed by atoms with Gasteiger partial charge in [-0.1, -0.05) is 219 Å². The summed E-state index contributed by atoms with van der Waals surface area (Å²) in [5.41, 5.74) is 0. The Bertz CT molecular complexity index is 3430. The summed E-state index contributed by atoms with van der Waals surface area (Å²) < 4.78 is 125. The van der Waals surface area contributed by atoms with E-state index in [9.17, 15) is 82.4 Å². The van der Waals surface area contributed by atoms with Crippen molar-refractivity contribution in [2.75, 3.05) is 33.0 Å². The van der Waals surface area contributed by atoms with E-state index >= 15 is 0 Å². The standard InChI is InChI=1S/C92H151NO38/c1-16-18-20-22-24-26-28-30-31-32-33-34-35-36-37-39-41-43-45-47-49-70(108)88(110)93-68(75(109)69(107)48-46-44-42-40-38-29-27-25-23-21-19-17-2)50-113-89-84(124-65(13)104)80(120-61(9)100)78(118-59(7)98)73(128-89)53-114-90-85(125-66(14)105)81(121-62(10)101)79(119-60(8)99)74(129-90)54-115-91-86(82(122-63(11)102)76(116-57(5)96)71(127-91)51-111-55(3)94)131-92-87(126-67(15)106)83(123-64(12)103)77(117-58(6)97)72(130-92)52-112-56(4)95/h68-87,89-92,107-109H,16-54H2,1-15H3,(H,93,110). The van der Waals surface area contributed by atoms with Gasteiger partial charge in [0, 0.05) is 90.0 Å². The average molecular weight is 1880 g/mol. The van der Waals surface area contributed by atoms with Crippen LogP contribution in [0.5, 0.6) is 0 Å². The van der Waals surface area contributed by atoms with Crippen LogP contribution in [-0.4, -0.2) is 279 Å². The normalized spacial score (nSPS) is 26.2. The maximum Gasteiger partial charge on any atom is 0.303 e. The maximum atomic E-state index is 14.2. The number of nitrogens with one attached hydrogen (secondary N) is 1. The van der Waals surface area contributed by atoms with Gasteiger partial charge in [0.2, 0.25) is 5.91 Å². The zero-order valence-electron chi connectivity index (χ0n) is 79.6. The van der Waals surface area contributed by atoms with Crippen LogP contribution >= 0.6 is 0 Å². The molecule has 4 aliphatic heterocycles. The lowest BCUT2D eigenvalue weighted by Crippen LogP contribution is -2.67.